The average molecular weight is 381 g/mol. The van der Waals surface area contributed by atoms with Crippen molar-refractivity contribution in [1.29, 1.82) is 0 Å². The van der Waals surface area contributed by atoms with Crippen LogP contribution in [0.25, 0.3) is 10.7 Å². The third kappa shape index (κ3) is 3.63. The summed E-state index contributed by atoms with van der Waals surface area (Å²) in [6.45, 7) is 0. The predicted molar refractivity (Wildman–Crippen MR) is 99.1 cm³/mol. The Labute approximate surface area is 158 Å². The zero-order valence-corrected chi connectivity index (χ0v) is 14.9. The van der Waals surface area contributed by atoms with Gasteiger partial charge in [-0.05, 0) is 24.1 Å². The lowest BCUT2D eigenvalue weighted by molar-refractivity contribution is -0.125. The summed E-state index contributed by atoms with van der Waals surface area (Å²) in [5.41, 5.74) is 2.59. The Balaban J connectivity index is 1.44. The van der Waals surface area contributed by atoms with Crippen LogP contribution in [0.4, 0.5) is 5.69 Å². The van der Waals surface area contributed by atoms with E-state index in [9.17, 15) is 14.4 Å². The van der Waals surface area contributed by atoms with Gasteiger partial charge in [-0.3, -0.25) is 24.8 Å². The van der Waals surface area contributed by atoms with Gasteiger partial charge in [-0.1, -0.05) is 12.1 Å². The number of H-pyrrole nitrogens is 1. The van der Waals surface area contributed by atoms with Gasteiger partial charge in [0.1, 0.15) is 10.7 Å². The molecular weight excluding hydrogens is 366 g/mol. The summed E-state index contributed by atoms with van der Waals surface area (Å²) in [5.74, 6) is -1.09. The van der Waals surface area contributed by atoms with Gasteiger partial charge in [0, 0.05) is 23.6 Å². The van der Waals surface area contributed by atoms with Crippen LogP contribution < -0.4 is 10.6 Å². The van der Waals surface area contributed by atoms with E-state index in [1.54, 1.807) is 36.7 Å². The highest BCUT2D eigenvalue weighted by atomic mass is 32.1. The van der Waals surface area contributed by atoms with Crippen LogP contribution in [0.3, 0.4) is 0 Å². The molecule has 1 aliphatic heterocycles. The Morgan fingerprint density at radius 1 is 1.26 bits per heavy atom. The molecule has 1 aliphatic rings. The van der Waals surface area contributed by atoms with Gasteiger partial charge in [0.15, 0.2) is 0 Å². The number of hydrogen-bond donors (Lipinski definition) is 3. The minimum absolute atomic E-state index is 0.209. The number of benzene rings is 1. The molecule has 0 aliphatic carbocycles. The van der Waals surface area contributed by atoms with Gasteiger partial charge in [-0.2, -0.15) is 5.10 Å². The molecule has 0 spiro atoms. The van der Waals surface area contributed by atoms with Crippen molar-refractivity contribution >= 4 is 34.7 Å². The summed E-state index contributed by atoms with van der Waals surface area (Å²) in [5, 5.41) is 14.5. The van der Waals surface area contributed by atoms with E-state index in [1.807, 2.05) is 5.38 Å². The second kappa shape index (κ2) is 7.12. The van der Waals surface area contributed by atoms with Crippen molar-refractivity contribution in [2.75, 3.05) is 5.32 Å². The number of aromatic nitrogens is 3. The second-order valence-corrected chi connectivity index (χ2v) is 7.06. The van der Waals surface area contributed by atoms with Crippen molar-refractivity contribution in [3.05, 3.63) is 53.2 Å². The van der Waals surface area contributed by atoms with Crippen LogP contribution >= 0.6 is 11.3 Å². The molecule has 4 rings (SSSR count). The van der Waals surface area contributed by atoms with Crippen molar-refractivity contribution in [3.8, 4) is 10.7 Å². The zero-order chi connectivity index (χ0) is 18.8. The number of hydrogen-bond acceptors (Lipinski definition) is 6. The second-order valence-electron chi connectivity index (χ2n) is 6.16. The van der Waals surface area contributed by atoms with Gasteiger partial charge in [0.05, 0.1) is 17.8 Å². The predicted octanol–water partition coefficient (Wildman–Crippen LogP) is 1.99. The number of nitrogens with one attached hydrogen (secondary N) is 3. The smallest absolute Gasteiger partial charge is 0.255 e. The van der Waals surface area contributed by atoms with E-state index in [-0.39, 0.29) is 30.1 Å². The number of imide groups is 1. The minimum Gasteiger partial charge on any atom is -0.319 e. The maximum atomic E-state index is 12.5. The van der Waals surface area contributed by atoms with Gasteiger partial charge in [0.25, 0.3) is 5.91 Å². The van der Waals surface area contributed by atoms with E-state index in [0.717, 1.165) is 10.6 Å². The maximum Gasteiger partial charge on any atom is 0.255 e. The Morgan fingerprint density at radius 3 is 2.74 bits per heavy atom. The first-order valence-electron chi connectivity index (χ1n) is 8.27. The fraction of sp³-hybridized carbons (Fsp3) is 0.167. The molecule has 1 fully saturated rings. The van der Waals surface area contributed by atoms with E-state index < -0.39 is 0 Å². The van der Waals surface area contributed by atoms with Gasteiger partial charge in [-0.25, -0.2) is 4.98 Å². The highest BCUT2D eigenvalue weighted by Gasteiger charge is 2.30. The molecular formula is C18H15N5O3S. The average Bonchev–Trinajstić information content (AvgIpc) is 3.38. The number of nitrogens with zero attached hydrogens (tertiary/aromatic N) is 2. The van der Waals surface area contributed by atoms with Crippen molar-refractivity contribution in [1.82, 2.24) is 20.5 Å². The van der Waals surface area contributed by atoms with Gasteiger partial charge >= 0.3 is 0 Å². The number of amides is 3. The number of anilines is 1. The lowest BCUT2D eigenvalue weighted by Crippen LogP contribution is -2.22. The molecule has 1 aromatic carbocycles. The van der Waals surface area contributed by atoms with E-state index in [2.05, 4.69) is 25.8 Å². The molecule has 3 N–H and O–H groups in total. The molecule has 3 aromatic rings. The van der Waals surface area contributed by atoms with Crippen molar-refractivity contribution in [2.24, 2.45) is 5.92 Å². The van der Waals surface area contributed by atoms with Gasteiger partial charge in [-0.15, -0.1) is 11.3 Å². The lowest BCUT2D eigenvalue weighted by Gasteiger charge is -2.08. The molecule has 0 bridgehead atoms. The van der Waals surface area contributed by atoms with Crippen LogP contribution in [0, 0.1) is 5.92 Å². The summed E-state index contributed by atoms with van der Waals surface area (Å²) >= 11 is 1.44. The Morgan fingerprint density at radius 2 is 2.07 bits per heavy atom. The molecule has 3 heterocycles. The van der Waals surface area contributed by atoms with Crippen LogP contribution in [0.1, 0.15) is 22.3 Å². The van der Waals surface area contributed by atoms with Crippen LogP contribution in [0.15, 0.2) is 42.0 Å². The SMILES string of the molecule is O=C1CC(Cc2ccc(C(=O)Nc3cn[nH]c3-c3nccs3)cc2)C(=O)N1. The van der Waals surface area contributed by atoms with Crippen LogP contribution in [0.5, 0.6) is 0 Å². The van der Waals surface area contributed by atoms with E-state index in [0.29, 0.717) is 23.4 Å². The summed E-state index contributed by atoms with van der Waals surface area (Å²) < 4.78 is 0. The molecule has 9 heteroatoms. The first-order valence-corrected chi connectivity index (χ1v) is 9.15. The number of carbonyl (C=O) groups excluding carboxylic acids is 3. The largest absolute Gasteiger partial charge is 0.319 e. The standard InChI is InChI=1S/C18H15N5O3S/c24-14-8-12(17(26)22-14)7-10-1-3-11(4-2-10)16(25)21-13-9-20-23-15(13)18-19-5-6-27-18/h1-6,9,12H,7-8H2,(H,20,23)(H,21,25)(H,22,24,26). The topological polar surface area (TPSA) is 117 Å². The molecule has 1 saturated heterocycles. The molecule has 2 aromatic heterocycles. The quantitative estimate of drug-likeness (QED) is 0.584. The number of rotatable bonds is 5. The summed E-state index contributed by atoms with van der Waals surface area (Å²) in [7, 11) is 0. The van der Waals surface area contributed by atoms with Crippen LogP contribution in [0.2, 0.25) is 0 Å². The Hall–Kier alpha value is -3.33. The fourth-order valence-electron chi connectivity index (χ4n) is 2.93. The number of thiazole rings is 1. The summed E-state index contributed by atoms with van der Waals surface area (Å²) in [6.07, 6.45) is 3.90. The molecule has 3 amide bonds. The van der Waals surface area contributed by atoms with Crippen LogP contribution in [-0.2, 0) is 16.0 Å². The molecule has 8 nitrogen and oxygen atoms in total. The van der Waals surface area contributed by atoms with Gasteiger partial charge in [0.2, 0.25) is 11.8 Å². The molecule has 1 atom stereocenters. The molecule has 1 unspecified atom stereocenters. The molecule has 136 valence electrons. The Kier molecular flexibility index (Phi) is 4.51. The zero-order valence-electron chi connectivity index (χ0n) is 14.1. The van der Waals surface area contributed by atoms with E-state index in [4.69, 9.17) is 0 Å². The maximum absolute atomic E-state index is 12.5. The fourth-order valence-corrected chi connectivity index (χ4v) is 3.58. The normalized spacial score (nSPS) is 16.4. The lowest BCUT2D eigenvalue weighted by atomic mass is 9.97. The van der Waals surface area contributed by atoms with E-state index in [1.165, 1.54) is 11.3 Å². The molecule has 27 heavy (non-hydrogen) atoms. The summed E-state index contributed by atoms with van der Waals surface area (Å²) in [4.78, 5) is 39.6. The summed E-state index contributed by atoms with van der Waals surface area (Å²) in [6, 6.07) is 6.98. The highest BCUT2D eigenvalue weighted by molar-refractivity contribution is 7.13. The first-order chi connectivity index (χ1) is 13.1. The molecule has 0 saturated carbocycles. The van der Waals surface area contributed by atoms with Crippen molar-refractivity contribution in [3.63, 3.8) is 0 Å². The minimum atomic E-state index is -0.344. The van der Waals surface area contributed by atoms with Crippen molar-refractivity contribution < 1.29 is 14.4 Å². The van der Waals surface area contributed by atoms with Gasteiger partial charge < -0.3 is 5.32 Å². The highest BCUT2D eigenvalue weighted by Crippen LogP contribution is 2.27. The third-order valence-corrected chi connectivity index (χ3v) is 5.09. The van der Waals surface area contributed by atoms with Crippen molar-refractivity contribution in [2.45, 2.75) is 12.8 Å². The molecule has 0 radical (unpaired) electrons. The van der Waals surface area contributed by atoms with E-state index >= 15 is 0 Å². The first kappa shape index (κ1) is 17.1. The number of carbonyl (C=O) groups is 3. The Bertz CT molecular complexity index is 994. The van der Waals surface area contributed by atoms with Crippen LogP contribution in [-0.4, -0.2) is 32.9 Å². The third-order valence-electron chi connectivity index (χ3n) is 4.30. The number of aromatic amines is 1. The monoisotopic (exact) mass is 381 g/mol.